The molecule has 0 aromatic heterocycles. The Hall–Kier alpha value is -1.35. The van der Waals surface area contributed by atoms with E-state index in [9.17, 15) is 4.79 Å². The van der Waals surface area contributed by atoms with Crippen molar-refractivity contribution in [3.05, 3.63) is 35.9 Å². The van der Waals surface area contributed by atoms with Crippen molar-refractivity contribution < 1.29 is 4.79 Å². The van der Waals surface area contributed by atoms with E-state index in [4.69, 9.17) is 5.73 Å². The lowest BCUT2D eigenvalue weighted by Gasteiger charge is -2.12. The second kappa shape index (κ2) is 4.51. The van der Waals surface area contributed by atoms with Crippen LogP contribution in [0.4, 0.5) is 0 Å². The van der Waals surface area contributed by atoms with Crippen LogP contribution in [-0.4, -0.2) is 13.0 Å². The minimum absolute atomic E-state index is 0.122. The molecule has 0 spiro atoms. The van der Waals surface area contributed by atoms with Crippen molar-refractivity contribution in [3.8, 4) is 0 Å². The molecule has 0 aliphatic carbocycles. The van der Waals surface area contributed by atoms with Gasteiger partial charge in [0, 0.05) is 6.54 Å². The Bertz CT molecular complexity index is 236. The van der Waals surface area contributed by atoms with Gasteiger partial charge in [0.1, 0.15) is 0 Å². The molecule has 1 atom stereocenters. The zero-order valence-corrected chi connectivity index (χ0v) is 6.66. The fourth-order valence-electron chi connectivity index (χ4n) is 1.03. The minimum Gasteiger partial charge on any atom is -0.340 e. The zero-order valence-electron chi connectivity index (χ0n) is 6.66. The largest absolute Gasteiger partial charge is 0.340 e. The second-order valence-electron chi connectivity index (χ2n) is 2.45. The SMILES string of the molecule is NCC(N[C]=O)c1ccccc1. The molecule has 12 heavy (non-hydrogen) atoms. The Morgan fingerprint density at radius 2 is 2.08 bits per heavy atom. The van der Waals surface area contributed by atoms with E-state index in [1.807, 2.05) is 30.3 Å². The third kappa shape index (κ3) is 2.07. The number of nitrogens with one attached hydrogen (secondary N) is 1. The quantitative estimate of drug-likeness (QED) is 0.629. The van der Waals surface area contributed by atoms with Gasteiger partial charge < -0.3 is 11.1 Å². The summed E-state index contributed by atoms with van der Waals surface area (Å²) in [6, 6.07) is 9.45. The lowest BCUT2D eigenvalue weighted by molar-refractivity contribution is 0.523. The molecule has 0 bridgehead atoms. The van der Waals surface area contributed by atoms with Crippen molar-refractivity contribution in [3.63, 3.8) is 0 Å². The smallest absolute Gasteiger partial charge is 0.309 e. The Labute approximate surface area is 71.6 Å². The Morgan fingerprint density at radius 3 is 2.58 bits per heavy atom. The summed E-state index contributed by atoms with van der Waals surface area (Å²) >= 11 is 0. The van der Waals surface area contributed by atoms with Gasteiger partial charge in [-0.1, -0.05) is 30.3 Å². The van der Waals surface area contributed by atoms with Gasteiger partial charge in [0.25, 0.3) is 0 Å². The van der Waals surface area contributed by atoms with Crippen LogP contribution in [0.3, 0.4) is 0 Å². The van der Waals surface area contributed by atoms with Gasteiger partial charge in [-0.15, -0.1) is 0 Å². The second-order valence-corrected chi connectivity index (χ2v) is 2.45. The molecule has 1 amide bonds. The van der Waals surface area contributed by atoms with Crippen LogP contribution in [0.2, 0.25) is 0 Å². The maximum Gasteiger partial charge on any atom is 0.309 e. The van der Waals surface area contributed by atoms with Crippen molar-refractivity contribution in [2.24, 2.45) is 5.73 Å². The number of nitrogens with two attached hydrogens (primary N) is 1. The molecule has 3 nitrogen and oxygen atoms in total. The molecule has 1 radical (unpaired) electrons. The molecular weight excluding hydrogens is 152 g/mol. The van der Waals surface area contributed by atoms with E-state index in [2.05, 4.69) is 5.32 Å². The van der Waals surface area contributed by atoms with E-state index in [-0.39, 0.29) is 6.04 Å². The summed E-state index contributed by atoms with van der Waals surface area (Å²) in [5.74, 6) is 0. The van der Waals surface area contributed by atoms with Crippen molar-refractivity contribution in [1.29, 1.82) is 0 Å². The van der Waals surface area contributed by atoms with Gasteiger partial charge in [0.05, 0.1) is 6.04 Å². The summed E-state index contributed by atoms with van der Waals surface area (Å²) in [5.41, 5.74) is 6.45. The third-order valence-corrected chi connectivity index (χ3v) is 1.67. The first-order valence-corrected chi connectivity index (χ1v) is 3.76. The fourth-order valence-corrected chi connectivity index (χ4v) is 1.03. The molecular formula is C9H11N2O. The molecule has 1 aromatic rings. The standard InChI is InChI=1S/C9H11N2O/c10-6-9(11-7-12)8-4-2-1-3-5-8/h1-5,9H,6,10H2,(H,11,12). The van der Waals surface area contributed by atoms with E-state index in [1.165, 1.54) is 0 Å². The van der Waals surface area contributed by atoms with Crippen LogP contribution < -0.4 is 11.1 Å². The van der Waals surface area contributed by atoms with Crippen molar-refractivity contribution in [2.45, 2.75) is 6.04 Å². The Kier molecular flexibility index (Phi) is 3.29. The number of hydrogen-bond donors (Lipinski definition) is 2. The summed E-state index contributed by atoms with van der Waals surface area (Å²) in [6.07, 6.45) is 1.64. The van der Waals surface area contributed by atoms with E-state index >= 15 is 0 Å². The van der Waals surface area contributed by atoms with E-state index in [0.717, 1.165) is 5.56 Å². The monoisotopic (exact) mass is 163 g/mol. The Balaban J connectivity index is 2.72. The first-order chi connectivity index (χ1) is 5.88. The van der Waals surface area contributed by atoms with Crippen LogP contribution in [0.5, 0.6) is 0 Å². The minimum atomic E-state index is -0.122. The van der Waals surface area contributed by atoms with Crippen LogP contribution in [0.1, 0.15) is 11.6 Å². The average Bonchev–Trinajstić information content (AvgIpc) is 2.15. The van der Waals surface area contributed by atoms with Gasteiger partial charge in [0.2, 0.25) is 0 Å². The third-order valence-electron chi connectivity index (χ3n) is 1.67. The summed E-state index contributed by atoms with van der Waals surface area (Å²) in [5, 5.41) is 2.52. The zero-order chi connectivity index (χ0) is 8.81. The molecule has 0 aliphatic heterocycles. The van der Waals surface area contributed by atoms with Crippen LogP contribution in [0.25, 0.3) is 0 Å². The van der Waals surface area contributed by atoms with Crippen LogP contribution >= 0.6 is 0 Å². The van der Waals surface area contributed by atoms with Crippen LogP contribution in [0, 0.1) is 0 Å². The highest BCUT2D eigenvalue weighted by molar-refractivity contribution is 5.48. The Morgan fingerprint density at radius 1 is 1.42 bits per heavy atom. The topological polar surface area (TPSA) is 55.1 Å². The number of hydrogen-bond acceptors (Lipinski definition) is 2. The first kappa shape index (κ1) is 8.74. The molecule has 3 heteroatoms. The highest BCUT2D eigenvalue weighted by Gasteiger charge is 2.06. The fraction of sp³-hybridized carbons (Fsp3) is 0.222. The molecule has 0 fully saturated rings. The highest BCUT2D eigenvalue weighted by atomic mass is 16.1. The van der Waals surface area contributed by atoms with E-state index < -0.39 is 0 Å². The molecule has 1 rings (SSSR count). The molecule has 0 saturated carbocycles. The molecule has 3 N–H and O–H groups in total. The summed E-state index contributed by atoms with van der Waals surface area (Å²) in [6.45, 7) is 0.388. The predicted molar refractivity (Wildman–Crippen MR) is 47.1 cm³/mol. The highest BCUT2D eigenvalue weighted by Crippen LogP contribution is 2.09. The summed E-state index contributed by atoms with van der Waals surface area (Å²) in [4.78, 5) is 10.1. The van der Waals surface area contributed by atoms with E-state index in [0.29, 0.717) is 6.54 Å². The van der Waals surface area contributed by atoms with Crippen molar-refractivity contribution in [1.82, 2.24) is 5.32 Å². The van der Waals surface area contributed by atoms with Gasteiger partial charge in [-0.05, 0) is 5.56 Å². The van der Waals surface area contributed by atoms with Crippen molar-refractivity contribution >= 4 is 6.41 Å². The number of rotatable bonds is 4. The normalized spacial score (nSPS) is 12.1. The maximum atomic E-state index is 10.1. The van der Waals surface area contributed by atoms with Crippen LogP contribution in [-0.2, 0) is 4.79 Å². The maximum absolute atomic E-state index is 10.1. The number of benzene rings is 1. The van der Waals surface area contributed by atoms with Crippen molar-refractivity contribution in [2.75, 3.05) is 6.54 Å². The van der Waals surface area contributed by atoms with Gasteiger partial charge in [-0.2, -0.15) is 0 Å². The van der Waals surface area contributed by atoms with Crippen LogP contribution in [0.15, 0.2) is 30.3 Å². The number of carbonyl (C=O) groups excluding carboxylic acids is 1. The number of amides is 1. The molecule has 0 saturated heterocycles. The van der Waals surface area contributed by atoms with Gasteiger partial charge in [-0.3, -0.25) is 4.79 Å². The summed E-state index contributed by atoms with van der Waals surface area (Å²) in [7, 11) is 0. The van der Waals surface area contributed by atoms with Gasteiger partial charge in [-0.25, -0.2) is 0 Å². The average molecular weight is 163 g/mol. The molecule has 1 unspecified atom stereocenters. The molecule has 63 valence electrons. The predicted octanol–water partition coefficient (Wildman–Crippen LogP) is 0.343. The molecule has 1 aromatic carbocycles. The van der Waals surface area contributed by atoms with Gasteiger partial charge >= 0.3 is 6.41 Å². The van der Waals surface area contributed by atoms with Gasteiger partial charge in [0.15, 0.2) is 0 Å². The first-order valence-electron chi connectivity index (χ1n) is 3.76. The molecule has 0 heterocycles. The lowest BCUT2D eigenvalue weighted by atomic mass is 10.1. The summed E-state index contributed by atoms with van der Waals surface area (Å²) < 4.78 is 0. The molecule has 0 aliphatic rings. The van der Waals surface area contributed by atoms with E-state index in [1.54, 1.807) is 6.41 Å². The lowest BCUT2D eigenvalue weighted by Crippen LogP contribution is -2.26.